The zero-order chi connectivity index (χ0) is 15.0. The monoisotopic (exact) mass is 301 g/mol. The molecule has 0 amide bonds. The Morgan fingerprint density at radius 3 is 2.76 bits per heavy atom. The highest BCUT2D eigenvalue weighted by atomic mass is 32.1. The Kier molecular flexibility index (Phi) is 3.22. The van der Waals surface area contributed by atoms with Crippen LogP contribution < -0.4 is 5.73 Å². The van der Waals surface area contributed by atoms with Crippen LogP contribution in [0, 0.1) is 17.0 Å². The van der Waals surface area contributed by atoms with E-state index >= 15 is 0 Å². The first-order chi connectivity index (χ1) is 10.0. The van der Waals surface area contributed by atoms with E-state index in [1.54, 1.807) is 6.92 Å². The molecule has 0 saturated heterocycles. The van der Waals surface area contributed by atoms with Crippen molar-refractivity contribution in [3.63, 3.8) is 0 Å². The molecule has 0 atom stereocenters. The Morgan fingerprint density at radius 1 is 1.29 bits per heavy atom. The Balaban J connectivity index is 2.06. The van der Waals surface area contributed by atoms with Gasteiger partial charge in [-0.3, -0.25) is 10.1 Å². The Hall–Kier alpha value is -2.61. The Morgan fingerprint density at radius 2 is 2.05 bits per heavy atom. The third kappa shape index (κ3) is 2.52. The molecule has 0 unspecified atom stereocenters. The molecule has 7 nitrogen and oxygen atoms in total. The van der Waals surface area contributed by atoms with Gasteiger partial charge >= 0.3 is 5.69 Å². The average Bonchev–Trinajstić information content (AvgIpc) is 2.79. The van der Waals surface area contributed by atoms with Gasteiger partial charge in [0.1, 0.15) is 16.4 Å². The quantitative estimate of drug-likeness (QED) is 0.588. The summed E-state index contributed by atoms with van der Waals surface area (Å²) in [4.78, 5) is 23.0. The highest BCUT2D eigenvalue weighted by molar-refractivity contribution is 7.18. The molecule has 3 rings (SSSR count). The second-order valence-electron chi connectivity index (χ2n) is 4.47. The van der Waals surface area contributed by atoms with Crippen LogP contribution in [0.1, 0.15) is 16.4 Å². The van der Waals surface area contributed by atoms with Gasteiger partial charge in [-0.2, -0.15) is 0 Å². The lowest BCUT2D eigenvalue weighted by Crippen LogP contribution is -2.07. The van der Waals surface area contributed by atoms with Gasteiger partial charge < -0.3 is 5.73 Å². The minimum Gasteiger partial charge on any atom is -0.368 e. The minimum atomic E-state index is -0.475. The number of nitro groups is 1. The van der Waals surface area contributed by atoms with Crippen molar-refractivity contribution < 1.29 is 4.92 Å². The summed E-state index contributed by atoms with van der Waals surface area (Å²) in [6, 6.07) is 7.70. The summed E-state index contributed by atoms with van der Waals surface area (Å²) < 4.78 is 1.04. The van der Waals surface area contributed by atoms with Crippen molar-refractivity contribution in [2.45, 2.75) is 13.3 Å². The number of nitrogens with zero attached hydrogens (tertiary/aromatic N) is 4. The van der Waals surface area contributed by atoms with E-state index in [4.69, 9.17) is 5.73 Å². The van der Waals surface area contributed by atoms with E-state index in [9.17, 15) is 10.1 Å². The molecule has 0 fully saturated rings. The molecule has 8 heteroatoms. The number of fused-ring (bicyclic) bond motifs is 1. The van der Waals surface area contributed by atoms with Crippen molar-refractivity contribution in [3.8, 4) is 0 Å². The van der Waals surface area contributed by atoms with Crippen LogP contribution in [0.4, 0.5) is 11.6 Å². The number of thiazole rings is 1. The summed E-state index contributed by atoms with van der Waals surface area (Å²) >= 11 is 1.49. The van der Waals surface area contributed by atoms with Crippen LogP contribution in [0.3, 0.4) is 0 Å². The zero-order valence-electron chi connectivity index (χ0n) is 11.1. The normalized spacial score (nSPS) is 10.9. The first-order valence-electron chi connectivity index (χ1n) is 6.16. The van der Waals surface area contributed by atoms with E-state index in [-0.39, 0.29) is 23.8 Å². The highest BCUT2D eigenvalue weighted by Gasteiger charge is 2.22. The van der Waals surface area contributed by atoms with Crippen molar-refractivity contribution in [3.05, 3.63) is 50.8 Å². The number of anilines is 1. The average molecular weight is 301 g/mol. The predicted molar refractivity (Wildman–Crippen MR) is 80.3 cm³/mol. The fourth-order valence-corrected chi connectivity index (χ4v) is 3.12. The number of nitrogen functional groups attached to an aromatic ring is 1. The van der Waals surface area contributed by atoms with Crippen LogP contribution >= 0.6 is 11.3 Å². The molecule has 0 aliphatic rings. The van der Waals surface area contributed by atoms with Gasteiger partial charge in [0.15, 0.2) is 0 Å². The van der Waals surface area contributed by atoms with Gasteiger partial charge in [0.05, 0.1) is 15.1 Å². The largest absolute Gasteiger partial charge is 0.368 e. The van der Waals surface area contributed by atoms with Crippen LogP contribution in [0.15, 0.2) is 24.3 Å². The molecule has 0 radical (unpaired) electrons. The summed E-state index contributed by atoms with van der Waals surface area (Å²) in [5.74, 6) is 0.0363. The number of aromatic nitrogens is 3. The first kappa shape index (κ1) is 13.4. The van der Waals surface area contributed by atoms with Crippen LogP contribution in [0.2, 0.25) is 0 Å². The predicted octanol–water partition coefficient (Wildman–Crippen LogP) is 2.48. The van der Waals surface area contributed by atoms with E-state index in [1.807, 2.05) is 24.3 Å². The molecule has 2 aromatic heterocycles. The third-order valence-corrected chi connectivity index (χ3v) is 4.02. The first-order valence-corrected chi connectivity index (χ1v) is 6.98. The van der Waals surface area contributed by atoms with E-state index in [1.165, 1.54) is 11.3 Å². The molecule has 0 aliphatic carbocycles. The van der Waals surface area contributed by atoms with Gasteiger partial charge in [-0.1, -0.05) is 12.1 Å². The van der Waals surface area contributed by atoms with Gasteiger partial charge in [-0.25, -0.2) is 15.0 Å². The molecule has 1 aromatic carbocycles. The molecule has 0 aliphatic heterocycles. The number of hydrogen-bond donors (Lipinski definition) is 1. The van der Waals surface area contributed by atoms with E-state index in [0.717, 1.165) is 15.2 Å². The van der Waals surface area contributed by atoms with Crippen molar-refractivity contribution in [2.75, 3.05) is 5.73 Å². The number of hydrogen-bond acceptors (Lipinski definition) is 7. The second kappa shape index (κ2) is 5.06. The SMILES string of the molecule is Cc1nc(N)nc(Cc2nc3ccccc3s2)c1[N+](=O)[O-]. The topological polar surface area (TPSA) is 108 Å². The number of aryl methyl sites for hydroxylation is 1. The van der Waals surface area contributed by atoms with Gasteiger partial charge in [-0.15, -0.1) is 11.3 Å². The van der Waals surface area contributed by atoms with Crippen LogP contribution in [0.5, 0.6) is 0 Å². The number of nitrogens with two attached hydrogens (primary N) is 1. The molecular weight excluding hydrogens is 290 g/mol. The summed E-state index contributed by atoms with van der Waals surface area (Å²) in [5.41, 5.74) is 6.94. The van der Waals surface area contributed by atoms with Crippen molar-refractivity contribution in [1.29, 1.82) is 0 Å². The van der Waals surface area contributed by atoms with Crippen LogP contribution in [0.25, 0.3) is 10.2 Å². The molecular formula is C13H11N5O2S. The number of benzene rings is 1. The fourth-order valence-electron chi connectivity index (χ4n) is 2.15. The molecule has 2 N–H and O–H groups in total. The van der Waals surface area contributed by atoms with Crippen LogP contribution in [-0.4, -0.2) is 19.9 Å². The standard InChI is InChI=1S/C13H11N5O2S/c1-7-12(18(19)20)9(17-13(14)15-7)6-11-16-8-4-2-3-5-10(8)21-11/h2-5H,6H2,1H3,(H2,14,15,17). The van der Waals surface area contributed by atoms with E-state index in [0.29, 0.717) is 5.69 Å². The lowest BCUT2D eigenvalue weighted by atomic mass is 10.2. The maximum atomic E-state index is 11.2. The smallest absolute Gasteiger partial charge is 0.312 e. The maximum Gasteiger partial charge on any atom is 0.312 e. The van der Waals surface area contributed by atoms with Gasteiger partial charge in [0.25, 0.3) is 0 Å². The minimum absolute atomic E-state index is 0.0363. The van der Waals surface area contributed by atoms with Crippen LogP contribution in [-0.2, 0) is 6.42 Å². The summed E-state index contributed by atoms with van der Waals surface area (Å²) in [5, 5.41) is 11.9. The van der Waals surface area contributed by atoms with Gasteiger partial charge in [0.2, 0.25) is 5.95 Å². The molecule has 0 saturated carbocycles. The molecule has 106 valence electrons. The van der Waals surface area contributed by atoms with E-state index in [2.05, 4.69) is 15.0 Å². The second-order valence-corrected chi connectivity index (χ2v) is 5.59. The van der Waals surface area contributed by atoms with E-state index < -0.39 is 4.92 Å². The summed E-state index contributed by atoms with van der Waals surface area (Å²) in [6.07, 6.45) is 0.267. The van der Waals surface area contributed by atoms with Crippen molar-refractivity contribution >= 4 is 33.2 Å². The molecule has 0 bridgehead atoms. The molecule has 21 heavy (non-hydrogen) atoms. The summed E-state index contributed by atoms with van der Waals surface area (Å²) in [7, 11) is 0. The van der Waals surface area contributed by atoms with Crippen molar-refractivity contribution in [2.24, 2.45) is 0 Å². The number of rotatable bonds is 3. The zero-order valence-corrected chi connectivity index (χ0v) is 11.9. The Labute approximate surface area is 123 Å². The third-order valence-electron chi connectivity index (χ3n) is 2.99. The van der Waals surface area contributed by atoms with Crippen molar-refractivity contribution in [1.82, 2.24) is 15.0 Å². The lowest BCUT2D eigenvalue weighted by molar-refractivity contribution is -0.386. The Bertz CT molecular complexity index is 813. The molecule has 2 heterocycles. The maximum absolute atomic E-state index is 11.2. The van der Waals surface area contributed by atoms with Gasteiger partial charge in [-0.05, 0) is 19.1 Å². The molecule has 3 aromatic rings. The number of para-hydroxylation sites is 1. The lowest BCUT2D eigenvalue weighted by Gasteiger charge is -2.03. The molecule has 0 spiro atoms. The summed E-state index contributed by atoms with van der Waals surface area (Å²) in [6.45, 7) is 1.55. The highest BCUT2D eigenvalue weighted by Crippen LogP contribution is 2.27. The fraction of sp³-hybridized carbons (Fsp3) is 0.154. The van der Waals surface area contributed by atoms with Gasteiger partial charge in [0, 0.05) is 6.42 Å².